The smallest absolute Gasteiger partial charge is 0.408 e. The molecular weight excluding hydrogens is 396 g/mol. The Kier molecular flexibility index (Phi) is 8.54. The zero-order valence-electron chi connectivity index (χ0n) is 18.4. The molecule has 0 unspecified atom stereocenters. The highest BCUT2D eigenvalue weighted by Gasteiger charge is 2.24. The number of alkyl carbamates (subject to hydrolysis) is 1. The van der Waals surface area contributed by atoms with Crippen LogP contribution in [0.2, 0.25) is 0 Å². The van der Waals surface area contributed by atoms with Gasteiger partial charge in [0, 0.05) is 38.0 Å². The van der Waals surface area contributed by atoms with Crippen LogP contribution in [-0.2, 0) is 27.2 Å². The molecule has 0 fully saturated rings. The van der Waals surface area contributed by atoms with Crippen LogP contribution < -0.4 is 16.0 Å². The molecule has 0 saturated heterocycles. The first-order valence-electron chi connectivity index (χ1n) is 10.1. The van der Waals surface area contributed by atoms with Crippen molar-refractivity contribution in [3.63, 3.8) is 0 Å². The highest BCUT2D eigenvalue weighted by atomic mass is 16.6. The van der Waals surface area contributed by atoms with E-state index in [4.69, 9.17) is 4.74 Å². The highest BCUT2D eigenvalue weighted by molar-refractivity contribution is 5.88. The van der Waals surface area contributed by atoms with E-state index in [-0.39, 0.29) is 11.8 Å². The molecule has 166 valence electrons. The Balaban J connectivity index is 1.94. The number of amides is 3. The lowest BCUT2D eigenvalue weighted by Gasteiger charge is -2.23. The van der Waals surface area contributed by atoms with Crippen molar-refractivity contribution in [2.45, 2.75) is 52.2 Å². The van der Waals surface area contributed by atoms with E-state index in [1.807, 2.05) is 24.3 Å². The Hall–Kier alpha value is -3.42. The average Bonchev–Trinajstić information content (AvgIpc) is 2.67. The number of hydrogen-bond acceptors (Lipinski definition) is 5. The fourth-order valence-corrected chi connectivity index (χ4v) is 2.82. The zero-order chi connectivity index (χ0) is 22.9. The summed E-state index contributed by atoms with van der Waals surface area (Å²) in [7, 11) is 0. The van der Waals surface area contributed by atoms with E-state index < -0.39 is 17.7 Å². The summed E-state index contributed by atoms with van der Waals surface area (Å²) in [6.45, 7) is 7.16. The predicted molar refractivity (Wildman–Crippen MR) is 119 cm³/mol. The van der Waals surface area contributed by atoms with Crippen molar-refractivity contribution in [2.75, 3.05) is 11.9 Å². The molecule has 1 atom stereocenters. The minimum absolute atomic E-state index is 0.127. The molecule has 8 heteroatoms. The van der Waals surface area contributed by atoms with Crippen molar-refractivity contribution in [1.29, 1.82) is 0 Å². The van der Waals surface area contributed by atoms with Crippen LogP contribution in [0.4, 0.5) is 10.5 Å². The summed E-state index contributed by atoms with van der Waals surface area (Å²) in [5, 5.41) is 8.25. The van der Waals surface area contributed by atoms with Crippen molar-refractivity contribution in [2.24, 2.45) is 0 Å². The third-order valence-corrected chi connectivity index (χ3v) is 4.18. The first-order valence-corrected chi connectivity index (χ1v) is 10.1. The molecule has 3 N–H and O–H groups in total. The van der Waals surface area contributed by atoms with Crippen LogP contribution in [0.3, 0.4) is 0 Å². The lowest BCUT2D eigenvalue weighted by Crippen LogP contribution is -2.49. The van der Waals surface area contributed by atoms with Crippen molar-refractivity contribution in [1.82, 2.24) is 15.6 Å². The van der Waals surface area contributed by atoms with Gasteiger partial charge in [0.1, 0.15) is 11.6 Å². The Morgan fingerprint density at radius 3 is 2.23 bits per heavy atom. The first-order chi connectivity index (χ1) is 14.6. The Labute approximate surface area is 182 Å². The van der Waals surface area contributed by atoms with E-state index in [1.165, 1.54) is 6.92 Å². The summed E-state index contributed by atoms with van der Waals surface area (Å²) in [6, 6.07) is 10.2. The lowest BCUT2D eigenvalue weighted by atomic mass is 10.1. The van der Waals surface area contributed by atoms with Gasteiger partial charge in [-0.15, -0.1) is 0 Å². The van der Waals surface area contributed by atoms with Crippen LogP contribution in [0.5, 0.6) is 0 Å². The summed E-state index contributed by atoms with van der Waals surface area (Å²) in [5.41, 5.74) is 1.95. The molecule has 0 aliphatic heterocycles. The van der Waals surface area contributed by atoms with Gasteiger partial charge in [0.05, 0.1) is 0 Å². The fourth-order valence-electron chi connectivity index (χ4n) is 2.82. The monoisotopic (exact) mass is 426 g/mol. The molecule has 8 nitrogen and oxygen atoms in total. The SMILES string of the molecule is CC(=O)Nc1ccc(CCNC(=O)[C@H](Cc2ccncc2)NC(=O)OC(C)(C)C)cc1. The van der Waals surface area contributed by atoms with E-state index in [9.17, 15) is 14.4 Å². The molecule has 0 radical (unpaired) electrons. The van der Waals surface area contributed by atoms with E-state index in [0.717, 1.165) is 16.8 Å². The molecular formula is C23H30N4O4. The number of nitrogens with one attached hydrogen (secondary N) is 3. The number of carbonyl (C=O) groups is 3. The van der Waals surface area contributed by atoms with Gasteiger partial charge in [-0.1, -0.05) is 12.1 Å². The number of ether oxygens (including phenoxy) is 1. The minimum Gasteiger partial charge on any atom is -0.444 e. The molecule has 0 aliphatic rings. The molecule has 0 spiro atoms. The molecule has 2 aromatic rings. The molecule has 31 heavy (non-hydrogen) atoms. The second-order valence-electron chi connectivity index (χ2n) is 8.18. The number of pyridine rings is 1. The van der Waals surface area contributed by atoms with Gasteiger partial charge < -0.3 is 20.7 Å². The van der Waals surface area contributed by atoms with E-state index in [0.29, 0.717) is 19.4 Å². The van der Waals surface area contributed by atoms with Gasteiger partial charge in [-0.25, -0.2) is 4.79 Å². The largest absolute Gasteiger partial charge is 0.444 e. The molecule has 1 aromatic carbocycles. The van der Waals surface area contributed by atoms with E-state index in [2.05, 4.69) is 20.9 Å². The summed E-state index contributed by atoms with van der Waals surface area (Å²) in [6.07, 6.45) is 3.57. The molecule has 1 heterocycles. The molecule has 0 saturated carbocycles. The van der Waals surface area contributed by atoms with Gasteiger partial charge in [-0.3, -0.25) is 14.6 Å². The number of carbonyl (C=O) groups excluding carboxylic acids is 3. The van der Waals surface area contributed by atoms with Crippen molar-refractivity contribution in [3.05, 3.63) is 59.9 Å². The minimum atomic E-state index is -0.778. The van der Waals surface area contributed by atoms with Gasteiger partial charge in [-0.2, -0.15) is 0 Å². The van der Waals surface area contributed by atoms with Gasteiger partial charge in [0.2, 0.25) is 11.8 Å². The lowest BCUT2D eigenvalue weighted by molar-refractivity contribution is -0.123. The van der Waals surface area contributed by atoms with Gasteiger partial charge in [0.15, 0.2) is 0 Å². The molecule has 0 aliphatic carbocycles. The van der Waals surface area contributed by atoms with Crippen LogP contribution >= 0.6 is 0 Å². The van der Waals surface area contributed by atoms with Crippen LogP contribution in [0.15, 0.2) is 48.8 Å². The topological polar surface area (TPSA) is 109 Å². The summed E-state index contributed by atoms with van der Waals surface area (Å²) >= 11 is 0. The summed E-state index contributed by atoms with van der Waals surface area (Å²) in [4.78, 5) is 40.0. The van der Waals surface area contributed by atoms with Crippen molar-refractivity contribution >= 4 is 23.6 Å². The van der Waals surface area contributed by atoms with Gasteiger partial charge in [-0.05, 0) is 62.6 Å². The number of hydrogen-bond donors (Lipinski definition) is 3. The third-order valence-electron chi connectivity index (χ3n) is 4.18. The predicted octanol–water partition coefficient (Wildman–Crippen LogP) is 2.83. The summed E-state index contributed by atoms with van der Waals surface area (Å²) < 4.78 is 5.30. The molecule has 3 amide bonds. The van der Waals surface area contributed by atoms with Crippen LogP contribution in [0, 0.1) is 0 Å². The van der Waals surface area contributed by atoms with Gasteiger partial charge >= 0.3 is 6.09 Å². The second kappa shape index (κ2) is 11.1. The number of nitrogens with zero attached hydrogens (tertiary/aromatic N) is 1. The highest BCUT2D eigenvalue weighted by Crippen LogP contribution is 2.10. The van der Waals surface area contributed by atoms with Crippen LogP contribution in [0.25, 0.3) is 0 Å². The van der Waals surface area contributed by atoms with Gasteiger partial charge in [0.25, 0.3) is 0 Å². The molecule has 2 rings (SSSR count). The van der Waals surface area contributed by atoms with Crippen LogP contribution in [-0.4, -0.2) is 41.1 Å². The number of rotatable bonds is 8. The summed E-state index contributed by atoms with van der Waals surface area (Å²) in [5.74, 6) is -0.421. The maximum Gasteiger partial charge on any atom is 0.408 e. The zero-order valence-corrected chi connectivity index (χ0v) is 18.4. The molecule has 0 bridgehead atoms. The van der Waals surface area contributed by atoms with E-state index in [1.54, 1.807) is 45.3 Å². The number of anilines is 1. The average molecular weight is 427 g/mol. The van der Waals surface area contributed by atoms with Crippen molar-refractivity contribution < 1.29 is 19.1 Å². The Bertz CT molecular complexity index is 877. The van der Waals surface area contributed by atoms with E-state index >= 15 is 0 Å². The quantitative estimate of drug-likeness (QED) is 0.601. The Morgan fingerprint density at radius 2 is 1.65 bits per heavy atom. The van der Waals surface area contributed by atoms with Crippen LogP contribution in [0.1, 0.15) is 38.8 Å². The number of aromatic nitrogens is 1. The molecule has 1 aromatic heterocycles. The maximum absolute atomic E-state index is 12.8. The maximum atomic E-state index is 12.8. The normalized spacial score (nSPS) is 11.9. The third kappa shape index (κ3) is 9.29. The fraction of sp³-hybridized carbons (Fsp3) is 0.391. The number of benzene rings is 1. The second-order valence-corrected chi connectivity index (χ2v) is 8.18. The first kappa shape index (κ1) is 23.9. The standard InChI is InChI=1S/C23H30N4O4/c1-16(28)26-19-7-5-17(6-8-19)11-14-25-21(29)20(15-18-9-12-24-13-10-18)27-22(30)31-23(2,3)4/h5-10,12-13,20H,11,14-15H2,1-4H3,(H,25,29)(H,26,28)(H,27,30)/t20-/m0/s1. The van der Waals surface area contributed by atoms with Crippen molar-refractivity contribution in [3.8, 4) is 0 Å². The Morgan fingerprint density at radius 1 is 1.00 bits per heavy atom.